The fourth-order valence-electron chi connectivity index (χ4n) is 1.35. The van der Waals surface area contributed by atoms with Gasteiger partial charge in [0.25, 0.3) is 0 Å². The maximum atomic E-state index is 10.5. The number of nitroso groups, excluding NO2 is 1. The number of hydrogen-bond acceptors (Lipinski definition) is 3. The molecule has 0 aromatic carbocycles. The number of hydrogen-bond donors (Lipinski definition) is 0. The second-order valence-electron chi connectivity index (χ2n) is 2.77. The average Bonchev–Trinajstić information content (AvgIpc) is 2.77. The van der Waals surface area contributed by atoms with Crippen LogP contribution in [0.15, 0.2) is 5.18 Å². The molecule has 0 aliphatic carbocycles. The summed E-state index contributed by atoms with van der Waals surface area (Å²) in [6.07, 6.45) is 1.68. The Morgan fingerprint density at radius 3 is 2.00 bits per heavy atom. The lowest BCUT2D eigenvalue weighted by Crippen LogP contribution is -2.33. The molecule has 1 heterocycles. The van der Waals surface area contributed by atoms with Crippen LogP contribution in [-0.4, -0.2) is 23.7 Å². The first-order valence-electron chi connectivity index (χ1n) is 3.88. The van der Waals surface area contributed by atoms with Gasteiger partial charge in [0.1, 0.15) is 0 Å². The maximum absolute atomic E-state index is 10.5. The van der Waals surface area contributed by atoms with E-state index in [2.05, 4.69) is 10.1 Å². The molecule has 0 N–H and O–H groups in total. The molecule has 0 aromatic heterocycles. The minimum atomic E-state index is -0.361. The molecule has 1 fully saturated rings. The third-order valence-corrected chi connectivity index (χ3v) is 2.34. The SMILES string of the molecule is CCC(CC)(N=O)N1CC1. The number of nitrogens with zero attached hydrogens (tertiary/aromatic N) is 2. The molecular weight excluding hydrogens is 128 g/mol. The van der Waals surface area contributed by atoms with Crippen molar-refractivity contribution < 1.29 is 0 Å². The summed E-state index contributed by atoms with van der Waals surface area (Å²) in [5, 5.41) is 3.19. The molecule has 3 heteroatoms. The third-order valence-electron chi connectivity index (χ3n) is 2.34. The third kappa shape index (κ3) is 1.06. The van der Waals surface area contributed by atoms with E-state index in [0.29, 0.717) is 0 Å². The summed E-state index contributed by atoms with van der Waals surface area (Å²) in [5.74, 6) is 0. The summed E-state index contributed by atoms with van der Waals surface area (Å²) in [5.41, 5.74) is -0.361. The van der Waals surface area contributed by atoms with E-state index in [1.54, 1.807) is 0 Å². The van der Waals surface area contributed by atoms with Gasteiger partial charge in [-0.05, 0) is 18.0 Å². The molecule has 0 aromatic rings. The second kappa shape index (κ2) is 2.66. The van der Waals surface area contributed by atoms with Crippen LogP contribution in [0.2, 0.25) is 0 Å². The molecule has 1 saturated heterocycles. The summed E-state index contributed by atoms with van der Waals surface area (Å²) in [6.45, 7) is 6.13. The fourth-order valence-corrected chi connectivity index (χ4v) is 1.35. The van der Waals surface area contributed by atoms with Crippen LogP contribution in [0.3, 0.4) is 0 Å². The lowest BCUT2D eigenvalue weighted by atomic mass is 10.1. The van der Waals surface area contributed by atoms with Gasteiger partial charge in [-0.2, -0.15) is 0 Å². The van der Waals surface area contributed by atoms with Crippen molar-refractivity contribution in [2.45, 2.75) is 32.4 Å². The zero-order chi connectivity index (χ0) is 7.61. The summed E-state index contributed by atoms with van der Waals surface area (Å²) < 4.78 is 0. The van der Waals surface area contributed by atoms with Crippen molar-refractivity contribution >= 4 is 0 Å². The van der Waals surface area contributed by atoms with Gasteiger partial charge in [-0.1, -0.05) is 13.8 Å². The van der Waals surface area contributed by atoms with Crippen LogP contribution in [0.5, 0.6) is 0 Å². The Kier molecular flexibility index (Phi) is 2.04. The van der Waals surface area contributed by atoms with Gasteiger partial charge in [0.2, 0.25) is 0 Å². The molecule has 0 atom stereocenters. The van der Waals surface area contributed by atoms with Gasteiger partial charge in [-0.25, -0.2) is 0 Å². The quantitative estimate of drug-likeness (QED) is 0.441. The van der Waals surface area contributed by atoms with Gasteiger partial charge in [0.05, 0.1) is 0 Å². The fraction of sp³-hybridized carbons (Fsp3) is 1.00. The Labute approximate surface area is 61.4 Å². The molecule has 1 aliphatic rings. The Bertz CT molecular complexity index is 128. The van der Waals surface area contributed by atoms with E-state index in [9.17, 15) is 4.91 Å². The van der Waals surface area contributed by atoms with Crippen LogP contribution in [0, 0.1) is 4.91 Å². The molecule has 0 saturated carbocycles. The van der Waals surface area contributed by atoms with E-state index >= 15 is 0 Å². The molecule has 0 spiro atoms. The van der Waals surface area contributed by atoms with Crippen molar-refractivity contribution in [3.63, 3.8) is 0 Å². The van der Waals surface area contributed by atoms with Crippen molar-refractivity contribution in [3.8, 4) is 0 Å². The highest BCUT2D eigenvalue weighted by atomic mass is 16.3. The first kappa shape index (κ1) is 7.66. The van der Waals surface area contributed by atoms with Crippen molar-refractivity contribution in [3.05, 3.63) is 4.91 Å². The lowest BCUT2D eigenvalue weighted by Gasteiger charge is -2.23. The van der Waals surface area contributed by atoms with E-state index in [4.69, 9.17) is 0 Å². The highest BCUT2D eigenvalue weighted by molar-refractivity contribution is 4.93. The zero-order valence-corrected chi connectivity index (χ0v) is 6.63. The molecule has 58 valence electrons. The van der Waals surface area contributed by atoms with Gasteiger partial charge in [-0.15, -0.1) is 4.91 Å². The zero-order valence-electron chi connectivity index (χ0n) is 6.63. The van der Waals surface area contributed by atoms with Gasteiger partial charge >= 0.3 is 0 Å². The van der Waals surface area contributed by atoms with Crippen LogP contribution in [0.1, 0.15) is 26.7 Å². The monoisotopic (exact) mass is 142 g/mol. The van der Waals surface area contributed by atoms with Gasteiger partial charge < -0.3 is 0 Å². The smallest absolute Gasteiger partial charge is 0.154 e. The highest BCUT2D eigenvalue weighted by Crippen LogP contribution is 2.30. The van der Waals surface area contributed by atoms with Crippen LogP contribution in [0.25, 0.3) is 0 Å². The lowest BCUT2D eigenvalue weighted by molar-refractivity contribution is 0.218. The summed E-state index contributed by atoms with van der Waals surface area (Å²) in [7, 11) is 0. The van der Waals surface area contributed by atoms with Crippen LogP contribution < -0.4 is 0 Å². The predicted molar refractivity (Wildman–Crippen MR) is 40.7 cm³/mol. The first-order chi connectivity index (χ1) is 4.79. The minimum absolute atomic E-state index is 0.361. The largest absolute Gasteiger partial charge is 0.274 e. The molecule has 0 amide bonds. The summed E-state index contributed by atoms with van der Waals surface area (Å²) in [4.78, 5) is 12.6. The molecule has 1 aliphatic heterocycles. The average molecular weight is 142 g/mol. The van der Waals surface area contributed by atoms with Crippen molar-refractivity contribution in [1.82, 2.24) is 4.90 Å². The van der Waals surface area contributed by atoms with E-state index < -0.39 is 0 Å². The Balaban J connectivity index is 2.60. The van der Waals surface area contributed by atoms with E-state index in [1.807, 2.05) is 13.8 Å². The van der Waals surface area contributed by atoms with E-state index in [-0.39, 0.29) is 5.66 Å². The molecule has 3 nitrogen and oxygen atoms in total. The number of rotatable bonds is 4. The summed E-state index contributed by atoms with van der Waals surface area (Å²) in [6, 6.07) is 0. The Morgan fingerprint density at radius 1 is 1.40 bits per heavy atom. The van der Waals surface area contributed by atoms with E-state index in [1.165, 1.54) is 0 Å². The molecule has 0 bridgehead atoms. The van der Waals surface area contributed by atoms with E-state index in [0.717, 1.165) is 25.9 Å². The van der Waals surface area contributed by atoms with Crippen LogP contribution >= 0.6 is 0 Å². The Morgan fingerprint density at radius 2 is 1.90 bits per heavy atom. The van der Waals surface area contributed by atoms with Crippen molar-refractivity contribution in [2.75, 3.05) is 13.1 Å². The normalized spacial score (nSPS) is 19.0. The van der Waals surface area contributed by atoms with Crippen LogP contribution in [0.4, 0.5) is 0 Å². The van der Waals surface area contributed by atoms with Crippen molar-refractivity contribution in [1.29, 1.82) is 0 Å². The van der Waals surface area contributed by atoms with Crippen LogP contribution in [-0.2, 0) is 0 Å². The predicted octanol–water partition coefficient (Wildman–Crippen LogP) is 1.58. The van der Waals surface area contributed by atoms with Gasteiger partial charge in [0, 0.05) is 13.1 Å². The molecule has 10 heavy (non-hydrogen) atoms. The standard InChI is InChI=1S/C7H14N2O/c1-3-7(4-2,8-10)9-5-6-9/h3-6H2,1-2H3. The minimum Gasteiger partial charge on any atom is -0.274 e. The molecular formula is C7H14N2O. The molecule has 0 unspecified atom stereocenters. The highest BCUT2D eigenvalue weighted by Gasteiger charge is 2.41. The van der Waals surface area contributed by atoms with Gasteiger partial charge in [0.15, 0.2) is 5.66 Å². The molecule has 0 radical (unpaired) electrons. The van der Waals surface area contributed by atoms with Gasteiger partial charge in [-0.3, -0.25) is 4.90 Å². The summed E-state index contributed by atoms with van der Waals surface area (Å²) >= 11 is 0. The topological polar surface area (TPSA) is 32.4 Å². The Hall–Kier alpha value is -0.440. The van der Waals surface area contributed by atoms with Crippen molar-refractivity contribution in [2.24, 2.45) is 5.18 Å². The second-order valence-corrected chi connectivity index (χ2v) is 2.77. The maximum Gasteiger partial charge on any atom is 0.154 e. The first-order valence-corrected chi connectivity index (χ1v) is 3.88. The molecule has 1 rings (SSSR count).